The van der Waals surface area contributed by atoms with Crippen LogP contribution >= 0.6 is 24.0 Å². The molecule has 2 aromatic rings. The molecule has 2 atom stereocenters. The van der Waals surface area contributed by atoms with Gasteiger partial charge in [0.05, 0.1) is 28.8 Å². The second kappa shape index (κ2) is 5.73. The molecule has 2 aromatic carbocycles. The van der Waals surface area contributed by atoms with Gasteiger partial charge in [-0.2, -0.15) is 0 Å². The molecule has 5 nitrogen and oxygen atoms in total. The summed E-state index contributed by atoms with van der Waals surface area (Å²) in [5.74, 6) is -0.333. The number of nitrogens with zero attached hydrogens (tertiary/aromatic N) is 1. The van der Waals surface area contributed by atoms with Crippen LogP contribution < -0.4 is 4.90 Å². The molecular weight excluding hydrogens is 402 g/mol. The third-order valence-electron chi connectivity index (χ3n) is 5.24. The van der Waals surface area contributed by atoms with Gasteiger partial charge in [-0.1, -0.05) is 60.4 Å². The number of thioether (sulfide) groups is 1. The monoisotopic (exact) mass is 415 g/mol. The van der Waals surface area contributed by atoms with Gasteiger partial charge < -0.3 is 4.90 Å². The van der Waals surface area contributed by atoms with E-state index in [9.17, 15) is 18.0 Å². The van der Waals surface area contributed by atoms with Gasteiger partial charge in [0.15, 0.2) is 21.4 Å². The van der Waals surface area contributed by atoms with Crippen molar-refractivity contribution in [1.29, 1.82) is 0 Å². The van der Waals surface area contributed by atoms with E-state index in [1.807, 2.05) is 0 Å². The van der Waals surface area contributed by atoms with Crippen molar-refractivity contribution in [3.05, 3.63) is 64.7 Å². The van der Waals surface area contributed by atoms with Crippen LogP contribution in [0.3, 0.4) is 0 Å². The summed E-state index contributed by atoms with van der Waals surface area (Å²) in [5, 5.41) is -0.139. The molecule has 0 aromatic heterocycles. The second-order valence-corrected chi connectivity index (χ2v) is 10.9. The van der Waals surface area contributed by atoms with Crippen LogP contribution in [-0.2, 0) is 9.84 Å². The van der Waals surface area contributed by atoms with Crippen molar-refractivity contribution in [1.82, 2.24) is 0 Å². The average molecular weight is 416 g/mol. The average Bonchev–Trinajstić information content (AvgIpc) is 3.08. The zero-order valence-electron chi connectivity index (χ0n) is 13.9. The Hall–Kier alpha value is -2.03. The zero-order chi connectivity index (χ0) is 18.9. The van der Waals surface area contributed by atoms with Crippen LogP contribution in [0.4, 0.5) is 5.69 Å². The Bertz CT molecular complexity index is 1160. The Kier molecular flexibility index (Phi) is 3.63. The maximum Gasteiger partial charge on any atom is 0.196 e. The predicted octanol–water partition coefficient (Wildman–Crippen LogP) is 2.47. The van der Waals surface area contributed by atoms with E-state index in [1.165, 1.54) is 11.8 Å². The number of carbonyl (C=O) groups is 2. The summed E-state index contributed by atoms with van der Waals surface area (Å²) in [4.78, 5) is 27.9. The van der Waals surface area contributed by atoms with Crippen molar-refractivity contribution in [3.63, 3.8) is 0 Å². The quantitative estimate of drug-likeness (QED) is 0.566. The molecule has 0 spiro atoms. The van der Waals surface area contributed by atoms with E-state index >= 15 is 0 Å². The van der Waals surface area contributed by atoms with Crippen LogP contribution in [0.2, 0.25) is 0 Å². The minimum absolute atomic E-state index is 0.00714. The lowest BCUT2D eigenvalue weighted by molar-refractivity contribution is 0.0979. The van der Waals surface area contributed by atoms with E-state index in [-0.39, 0.29) is 34.4 Å². The Morgan fingerprint density at radius 1 is 0.926 bits per heavy atom. The molecule has 0 N–H and O–H groups in total. The van der Waals surface area contributed by atoms with Crippen molar-refractivity contribution >= 4 is 55.4 Å². The first-order valence-electron chi connectivity index (χ1n) is 8.39. The van der Waals surface area contributed by atoms with Gasteiger partial charge in [0.25, 0.3) is 0 Å². The fourth-order valence-electron chi connectivity index (χ4n) is 4.08. The standard InChI is InChI=1S/C19H13NO4S3/c21-17-10-4-1-2-5-11(10)18(22)16-12(17)6-3-7-13(16)20-14-8-27(23,24)9-15(14)26-19(20)25/h1-7,14-15H,8-9H2/t14-,15+/m1/s1. The molecule has 0 saturated carbocycles. The fraction of sp³-hybridized carbons (Fsp3) is 0.211. The van der Waals surface area contributed by atoms with E-state index in [4.69, 9.17) is 12.2 Å². The first-order chi connectivity index (χ1) is 12.9. The minimum Gasteiger partial charge on any atom is -0.321 e. The lowest BCUT2D eigenvalue weighted by Gasteiger charge is -2.29. The summed E-state index contributed by atoms with van der Waals surface area (Å²) in [6.45, 7) is 0. The number of hydrogen-bond donors (Lipinski definition) is 0. The molecule has 5 rings (SSSR count). The summed E-state index contributed by atoms with van der Waals surface area (Å²) >= 11 is 6.86. The number of thiocarbonyl (C=S) groups is 1. The number of hydrogen-bond acceptors (Lipinski definition) is 6. The van der Waals surface area contributed by atoms with Gasteiger partial charge in [-0.05, 0) is 6.07 Å². The zero-order valence-corrected chi connectivity index (χ0v) is 16.4. The lowest BCUT2D eigenvalue weighted by Crippen LogP contribution is -2.38. The van der Waals surface area contributed by atoms with E-state index in [1.54, 1.807) is 47.4 Å². The van der Waals surface area contributed by atoms with Crippen molar-refractivity contribution in [2.75, 3.05) is 16.4 Å². The third-order valence-corrected chi connectivity index (χ3v) is 8.84. The van der Waals surface area contributed by atoms with E-state index in [0.717, 1.165) is 0 Å². The van der Waals surface area contributed by atoms with E-state index in [2.05, 4.69) is 0 Å². The topological polar surface area (TPSA) is 71.5 Å². The highest BCUT2D eigenvalue weighted by molar-refractivity contribution is 8.24. The highest BCUT2D eigenvalue weighted by Crippen LogP contribution is 2.44. The van der Waals surface area contributed by atoms with Crippen molar-refractivity contribution in [3.8, 4) is 0 Å². The lowest BCUT2D eigenvalue weighted by atomic mass is 9.83. The molecule has 0 unspecified atom stereocenters. The van der Waals surface area contributed by atoms with Crippen molar-refractivity contribution in [2.24, 2.45) is 0 Å². The Labute approximate surface area is 165 Å². The van der Waals surface area contributed by atoms with Gasteiger partial charge in [0.2, 0.25) is 0 Å². The Morgan fingerprint density at radius 3 is 2.33 bits per heavy atom. The fourth-order valence-corrected chi connectivity index (χ4v) is 8.44. The number of carbonyl (C=O) groups excluding carboxylic acids is 2. The van der Waals surface area contributed by atoms with Crippen LogP contribution in [0.1, 0.15) is 31.8 Å². The Balaban J connectivity index is 1.69. The normalized spacial score (nSPS) is 25.3. The number of anilines is 1. The van der Waals surface area contributed by atoms with Crippen molar-refractivity contribution in [2.45, 2.75) is 11.3 Å². The van der Waals surface area contributed by atoms with Gasteiger partial charge in [-0.15, -0.1) is 0 Å². The SMILES string of the molecule is O=C1c2ccccc2C(=O)c2c1cccc2N1C(=S)S[C@H]2CS(=O)(=O)C[C@H]21. The van der Waals surface area contributed by atoms with Gasteiger partial charge in [0, 0.05) is 21.9 Å². The molecule has 2 heterocycles. The second-order valence-electron chi connectivity index (χ2n) is 6.84. The molecule has 0 radical (unpaired) electrons. The number of benzene rings is 2. The van der Waals surface area contributed by atoms with Crippen LogP contribution in [-0.4, -0.2) is 47.1 Å². The maximum atomic E-state index is 13.2. The molecule has 0 bridgehead atoms. The first kappa shape index (κ1) is 17.1. The number of ketones is 2. The number of sulfone groups is 1. The van der Waals surface area contributed by atoms with Crippen LogP contribution in [0.15, 0.2) is 42.5 Å². The molecular formula is C19H13NO4S3. The maximum absolute atomic E-state index is 13.2. The summed E-state index contributed by atoms with van der Waals surface area (Å²) in [5.41, 5.74) is 1.95. The first-order valence-corrected chi connectivity index (χ1v) is 11.5. The molecule has 8 heteroatoms. The summed E-state index contributed by atoms with van der Waals surface area (Å²) in [7, 11) is -3.14. The smallest absolute Gasteiger partial charge is 0.196 e. The largest absolute Gasteiger partial charge is 0.321 e. The van der Waals surface area contributed by atoms with Crippen LogP contribution in [0, 0.1) is 0 Å². The predicted molar refractivity (Wildman–Crippen MR) is 109 cm³/mol. The van der Waals surface area contributed by atoms with Gasteiger partial charge in [-0.3, -0.25) is 9.59 Å². The summed E-state index contributed by atoms with van der Waals surface area (Å²) in [6.07, 6.45) is 0. The number of fused-ring (bicyclic) bond motifs is 3. The number of rotatable bonds is 1. The molecule has 136 valence electrons. The molecule has 27 heavy (non-hydrogen) atoms. The van der Waals surface area contributed by atoms with Crippen LogP contribution in [0.5, 0.6) is 0 Å². The Morgan fingerprint density at radius 2 is 1.59 bits per heavy atom. The molecule has 0 amide bonds. The van der Waals surface area contributed by atoms with Gasteiger partial charge in [-0.25, -0.2) is 8.42 Å². The molecule has 3 aliphatic rings. The molecule has 2 aliphatic heterocycles. The summed E-state index contributed by atoms with van der Waals surface area (Å²) < 4.78 is 24.7. The van der Waals surface area contributed by atoms with Gasteiger partial charge in [0.1, 0.15) is 4.32 Å². The highest BCUT2D eigenvalue weighted by Gasteiger charge is 2.49. The van der Waals surface area contributed by atoms with Gasteiger partial charge >= 0.3 is 0 Å². The molecule has 2 saturated heterocycles. The molecule has 2 fully saturated rings. The van der Waals surface area contributed by atoms with E-state index < -0.39 is 9.84 Å². The minimum atomic E-state index is -3.14. The van der Waals surface area contributed by atoms with E-state index in [0.29, 0.717) is 32.3 Å². The molecule has 1 aliphatic carbocycles. The van der Waals surface area contributed by atoms with Crippen molar-refractivity contribution < 1.29 is 18.0 Å². The van der Waals surface area contributed by atoms with Crippen LogP contribution in [0.25, 0.3) is 0 Å². The highest BCUT2D eigenvalue weighted by atomic mass is 32.2. The summed E-state index contributed by atoms with van der Waals surface area (Å²) in [6, 6.07) is 11.6. The third kappa shape index (κ3) is 2.43.